The van der Waals surface area contributed by atoms with Gasteiger partial charge in [-0.05, 0) is 30.1 Å². The first-order valence-corrected chi connectivity index (χ1v) is 10.4. The Morgan fingerprint density at radius 2 is 1.71 bits per heavy atom. The Morgan fingerprint density at radius 1 is 1.14 bits per heavy atom. The summed E-state index contributed by atoms with van der Waals surface area (Å²) in [6.45, 7) is 11.3. The molecule has 0 spiro atoms. The Morgan fingerprint density at radius 3 is 2.24 bits per heavy atom. The minimum atomic E-state index is -2.02. The summed E-state index contributed by atoms with van der Waals surface area (Å²) in [5.74, 6) is 0. The maximum atomic E-state index is 6.71. The SMILES string of the molecule is CC(O[Si](C)(C1C=CC=C1)C(C)(C)C)c1ccccc1Cl. The molecule has 21 heavy (non-hydrogen) atoms. The summed E-state index contributed by atoms with van der Waals surface area (Å²) < 4.78 is 6.71. The van der Waals surface area contributed by atoms with Crippen molar-refractivity contribution in [3.8, 4) is 0 Å². The van der Waals surface area contributed by atoms with Gasteiger partial charge < -0.3 is 4.43 Å². The quantitative estimate of drug-likeness (QED) is 0.592. The van der Waals surface area contributed by atoms with Gasteiger partial charge in [0, 0.05) is 10.6 Å². The van der Waals surface area contributed by atoms with E-state index in [4.69, 9.17) is 16.0 Å². The Bertz CT molecular complexity index is 547. The average Bonchev–Trinajstić information content (AvgIpc) is 2.91. The normalized spacial score (nSPS) is 19.7. The van der Waals surface area contributed by atoms with Gasteiger partial charge in [-0.15, -0.1) is 0 Å². The Hall–Kier alpha value is -0.833. The molecule has 1 aromatic rings. The molecule has 0 amide bonds. The van der Waals surface area contributed by atoms with Gasteiger partial charge in [-0.25, -0.2) is 0 Å². The highest BCUT2D eigenvalue weighted by Gasteiger charge is 2.48. The zero-order valence-corrected chi connectivity index (χ0v) is 15.3. The molecule has 3 heteroatoms. The summed E-state index contributed by atoms with van der Waals surface area (Å²) >= 11 is 6.33. The zero-order chi connectivity index (χ0) is 15.7. The Balaban J connectivity index is 2.30. The van der Waals surface area contributed by atoms with Gasteiger partial charge >= 0.3 is 0 Å². The molecule has 0 saturated carbocycles. The van der Waals surface area contributed by atoms with E-state index in [2.05, 4.69) is 64.6 Å². The van der Waals surface area contributed by atoms with Crippen LogP contribution in [0.4, 0.5) is 0 Å². The summed E-state index contributed by atoms with van der Waals surface area (Å²) in [5, 5.41) is 0.930. The van der Waals surface area contributed by atoms with E-state index in [1.165, 1.54) is 0 Å². The van der Waals surface area contributed by atoms with Gasteiger partial charge in [0.1, 0.15) is 0 Å². The van der Waals surface area contributed by atoms with Crippen LogP contribution >= 0.6 is 11.6 Å². The molecular formula is C18H25ClOSi. The van der Waals surface area contributed by atoms with Crippen LogP contribution < -0.4 is 0 Å². The summed E-state index contributed by atoms with van der Waals surface area (Å²) in [4.78, 5) is 0. The molecule has 0 saturated heterocycles. The van der Waals surface area contributed by atoms with Crippen molar-refractivity contribution in [2.24, 2.45) is 0 Å². The predicted molar refractivity (Wildman–Crippen MR) is 94.3 cm³/mol. The fourth-order valence-electron chi connectivity index (χ4n) is 2.79. The van der Waals surface area contributed by atoms with Crippen molar-refractivity contribution < 1.29 is 4.43 Å². The number of rotatable bonds is 4. The topological polar surface area (TPSA) is 9.23 Å². The maximum Gasteiger partial charge on any atom is 0.206 e. The van der Waals surface area contributed by atoms with Gasteiger partial charge in [0.15, 0.2) is 0 Å². The molecule has 2 unspecified atom stereocenters. The van der Waals surface area contributed by atoms with E-state index >= 15 is 0 Å². The molecule has 1 aromatic carbocycles. The molecule has 0 aromatic heterocycles. The van der Waals surface area contributed by atoms with Crippen LogP contribution in [0.2, 0.25) is 22.1 Å². The van der Waals surface area contributed by atoms with Crippen LogP contribution in [0.1, 0.15) is 39.4 Å². The molecule has 0 bridgehead atoms. The lowest BCUT2D eigenvalue weighted by atomic mass is 10.1. The van der Waals surface area contributed by atoms with Crippen LogP contribution in [0.5, 0.6) is 0 Å². The number of hydrogen-bond donors (Lipinski definition) is 0. The zero-order valence-electron chi connectivity index (χ0n) is 13.6. The van der Waals surface area contributed by atoms with Gasteiger partial charge in [-0.3, -0.25) is 0 Å². The molecule has 0 heterocycles. The molecule has 1 aliphatic rings. The van der Waals surface area contributed by atoms with E-state index in [9.17, 15) is 0 Å². The van der Waals surface area contributed by atoms with Crippen LogP contribution in [0.25, 0.3) is 0 Å². The van der Waals surface area contributed by atoms with Crippen molar-refractivity contribution in [1.82, 2.24) is 0 Å². The van der Waals surface area contributed by atoms with Gasteiger partial charge in [-0.2, -0.15) is 0 Å². The standard InChI is InChI=1S/C18H25ClOSi/c1-14(16-12-8-9-13-17(16)19)20-21(5,18(2,3)4)15-10-6-7-11-15/h6-15H,1-5H3. The third-order valence-electron chi connectivity index (χ3n) is 4.64. The third kappa shape index (κ3) is 3.33. The first-order valence-electron chi connectivity index (χ1n) is 7.53. The second-order valence-corrected chi connectivity index (χ2v) is 12.0. The van der Waals surface area contributed by atoms with E-state index < -0.39 is 8.32 Å². The number of allylic oxidation sites excluding steroid dienone is 4. The highest BCUT2D eigenvalue weighted by atomic mass is 35.5. The monoisotopic (exact) mass is 320 g/mol. The molecule has 0 N–H and O–H groups in total. The Labute approximate surface area is 134 Å². The molecule has 2 atom stereocenters. The van der Waals surface area contributed by atoms with Gasteiger partial charge in [0.25, 0.3) is 0 Å². The summed E-state index contributed by atoms with van der Waals surface area (Å²) in [6, 6.07) is 7.97. The first kappa shape index (κ1) is 16.5. The van der Waals surface area contributed by atoms with Crippen molar-refractivity contribution in [3.63, 3.8) is 0 Å². The number of hydrogen-bond acceptors (Lipinski definition) is 1. The van der Waals surface area contributed by atoms with E-state index in [0.717, 1.165) is 10.6 Å². The van der Waals surface area contributed by atoms with E-state index in [1.807, 2.05) is 18.2 Å². The fraction of sp³-hybridized carbons (Fsp3) is 0.444. The van der Waals surface area contributed by atoms with E-state index in [0.29, 0.717) is 5.54 Å². The number of halogens is 1. The van der Waals surface area contributed by atoms with Crippen molar-refractivity contribution in [2.45, 2.75) is 50.9 Å². The van der Waals surface area contributed by atoms with Gasteiger partial charge in [0.05, 0.1) is 6.10 Å². The van der Waals surface area contributed by atoms with E-state index in [-0.39, 0.29) is 11.1 Å². The van der Waals surface area contributed by atoms with Crippen molar-refractivity contribution >= 4 is 19.9 Å². The average molecular weight is 321 g/mol. The molecule has 0 radical (unpaired) electrons. The lowest BCUT2D eigenvalue weighted by Crippen LogP contribution is -2.47. The molecule has 2 rings (SSSR count). The molecule has 0 fully saturated rings. The molecule has 1 nitrogen and oxygen atoms in total. The van der Waals surface area contributed by atoms with Gasteiger partial charge in [0.2, 0.25) is 8.32 Å². The van der Waals surface area contributed by atoms with Crippen molar-refractivity contribution in [1.29, 1.82) is 0 Å². The molecule has 114 valence electrons. The summed E-state index contributed by atoms with van der Waals surface area (Å²) in [6.07, 6.45) is 8.82. The lowest BCUT2D eigenvalue weighted by Gasteiger charge is -2.44. The van der Waals surface area contributed by atoms with Crippen LogP contribution in [0.3, 0.4) is 0 Å². The lowest BCUT2D eigenvalue weighted by molar-refractivity contribution is 0.197. The van der Waals surface area contributed by atoms with Crippen molar-refractivity contribution in [3.05, 3.63) is 59.2 Å². The van der Waals surface area contributed by atoms with Gasteiger partial charge in [-0.1, -0.05) is 74.9 Å². The van der Waals surface area contributed by atoms with E-state index in [1.54, 1.807) is 0 Å². The van der Waals surface area contributed by atoms with Crippen LogP contribution in [0, 0.1) is 0 Å². The summed E-state index contributed by atoms with van der Waals surface area (Å²) in [5.41, 5.74) is 1.50. The third-order valence-corrected chi connectivity index (χ3v) is 10.5. The van der Waals surface area contributed by atoms with Crippen LogP contribution in [-0.2, 0) is 4.43 Å². The number of benzene rings is 1. The Kier molecular flexibility index (Phi) is 4.81. The molecule has 0 aliphatic heterocycles. The minimum Gasteiger partial charge on any atom is -0.409 e. The second-order valence-electron chi connectivity index (χ2n) is 6.93. The molecular weight excluding hydrogens is 296 g/mol. The largest absolute Gasteiger partial charge is 0.409 e. The first-order chi connectivity index (χ1) is 9.75. The minimum absolute atomic E-state index is 0.0111. The van der Waals surface area contributed by atoms with Crippen molar-refractivity contribution in [2.75, 3.05) is 0 Å². The summed E-state index contributed by atoms with van der Waals surface area (Å²) in [7, 11) is -2.02. The van der Waals surface area contributed by atoms with Crippen LogP contribution in [0.15, 0.2) is 48.6 Å². The highest BCUT2D eigenvalue weighted by molar-refractivity contribution is 6.77. The van der Waals surface area contributed by atoms with Crippen LogP contribution in [-0.4, -0.2) is 8.32 Å². The highest BCUT2D eigenvalue weighted by Crippen LogP contribution is 2.49. The smallest absolute Gasteiger partial charge is 0.206 e. The maximum absolute atomic E-state index is 6.71. The second kappa shape index (κ2) is 6.11. The molecule has 1 aliphatic carbocycles. The fourth-order valence-corrected chi connectivity index (χ4v) is 6.41. The predicted octanol–water partition coefficient (Wildman–Crippen LogP) is 6.29.